The summed E-state index contributed by atoms with van der Waals surface area (Å²) in [5, 5.41) is 8.00. The minimum atomic E-state index is 0. The third-order valence-electron chi connectivity index (χ3n) is 4.91. The third-order valence-corrected chi connectivity index (χ3v) is 4.91. The van der Waals surface area contributed by atoms with Gasteiger partial charge < -0.3 is 5.32 Å². The number of rotatable bonds is 2. The van der Waals surface area contributed by atoms with E-state index in [1.165, 1.54) is 51.0 Å². The van der Waals surface area contributed by atoms with Gasteiger partial charge >= 0.3 is 0 Å². The number of hydrogen-bond donors (Lipinski definition) is 1. The molecule has 0 unspecified atom stereocenters. The molecule has 0 aliphatic carbocycles. The summed E-state index contributed by atoms with van der Waals surface area (Å²) >= 11 is 0. The number of likely N-dealkylation sites (tertiary alicyclic amines) is 1. The largest absolute Gasteiger partial charge is 0.317 e. The van der Waals surface area contributed by atoms with E-state index < -0.39 is 0 Å². The van der Waals surface area contributed by atoms with Crippen molar-refractivity contribution < 1.29 is 0 Å². The van der Waals surface area contributed by atoms with Crippen molar-refractivity contribution in [2.75, 3.05) is 26.2 Å². The molecule has 0 bridgehead atoms. The molecule has 21 heavy (non-hydrogen) atoms. The maximum absolute atomic E-state index is 4.51. The molecule has 0 saturated carbocycles. The topological polar surface area (TPSA) is 33.1 Å². The molecule has 1 spiro atoms. The van der Waals surface area contributed by atoms with Gasteiger partial charge in [-0.3, -0.25) is 9.58 Å². The molecule has 120 valence electrons. The van der Waals surface area contributed by atoms with E-state index in [1.54, 1.807) is 0 Å². The highest BCUT2D eigenvalue weighted by molar-refractivity contribution is 5.85. The maximum atomic E-state index is 4.51. The quantitative estimate of drug-likeness (QED) is 0.911. The zero-order chi connectivity index (χ0) is 14.2. The van der Waals surface area contributed by atoms with Crippen LogP contribution in [0.2, 0.25) is 0 Å². The summed E-state index contributed by atoms with van der Waals surface area (Å²) in [5.74, 6) is 0. The summed E-state index contributed by atoms with van der Waals surface area (Å²) in [5.41, 5.74) is 2.04. The first-order valence-electron chi connectivity index (χ1n) is 7.94. The number of nitrogens with zero attached hydrogens (tertiary/aromatic N) is 3. The molecule has 2 aliphatic rings. The van der Waals surface area contributed by atoms with Crippen molar-refractivity contribution in [3.05, 3.63) is 18.0 Å². The zero-order valence-corrected chi connectivity index (χ0v) is 14.4. The molecule has 4 nitrogen and oxygen atoms in total. The minimum absolute atomic E-state index is 0. The van der Waals surface area contributed by atoms with Gasteiger partial charge in [0.2, 0.25) is 0 Å². The summed E-state index contributed by atoms with van der Waals surface area (Å²) in [6, 6.07) is 0. The first-order valence-corrected chi connectivity index (χ1v) is 7.94. The van der Waals surface area contributed by atoms with Crippen LogP contribution in [0.4, 0.5) is 0 Å². The Morgan fingerprint density at radius 2 is 1.95 bits per heavy atom. The number of piperidine rings is 1. The Bertz CT molecular complexity index is 457. The van der Waals surface area contributed by atoms with E-state index in [0.29, 0.717) is 5.41 Å². The molecule has 0 radical (unpaired) electrons. The first-order chi connectivity index (χ1) is 9.47. The molecule has 2 aliphatic heterocycles. The predicted molar refractivity (Wildman–Crippen MR) is 88.9 cm³/mol. The Kier molecular flexibility index (Phi) is 5.01. The van der Waals surface area contributed by atoms with Crippen LogP contribution in [-0.2, 0) is 12.1 Å². The van der Waals surface area contributed by atoms with Gasteiger partial charge in [-0.2, -0.15) is 5.10 Å². The molecule has 3 heterocycles. The number of aromatic nitrogens is 2. The molecule has 0 aromatic carbocycles. The Balaban J connectivity index is 0.00000161. The summed E-state index contributed by atoms with van der Waals surface area (Å²) in [6.45, 7) is 12.6. The van der Waals surface area contributed by atoms with Gasteiger partial charge in [-0.05, 0) is 65.1 Å². The summed E-state index contributed by atoms with van der Waals surface area (Å²) in [4.78, 5) is 2.62. The first kappa shape index (κ1) is 16.8. The van der Waals surface area contributed by atoms with Gasteiger partial charge in [-0.1, -0.05) is 0 Å². The lowest BCUT2D eigenvalue weighted by atomic mass is 9.78. The molecule has 1 aromatic rings. The lowest BCUT2D eigenvalue weighted by Gasteiger charge is -2.33. The second-order valence-electron chi connectivity index (χ2n) is 7.67. The maximum Gasteiger partial charge on any atom is 0.0543 e. The van der Waals surface area contributed by atoms with Crippen molar-refractivity contribution in [2.24, 2.45) is 5.41 Å². The fraction of sp³-hybridized carbons (Fsp3) is 0.812. The van der Waals surface area contributed by atoms with Crippen LogP contribution in [0.5, 0.6) is 0 Å². The third kappa shape index (κ3) is 3.79. The van der Waals surface area contributed by atoms with Crippen LogP contribution in [0, 0.1) is 5.41 Å². The van der Waals surface area contributed by atoms with Gasteiger partial charge in [0.1, 0.15) is 0 Å². The van der Waals surface area contributed by atoms with Crippen LogP contribution in [0.3, 0.4) is 0 Å². The molecule has 2 fully saturated rings. The molecule has 0 atom stereocenters. The van der Waals surface area contributed by atoms with Crippen LogP contribution >= 0.6 is 12.4 Å². The van der Waals surface area contributed by atoms with Crippen LogP contribution < -0.4 is 5.32 Å². The van der Waals surface area contributed by atoms with Gasteiger partial charge in [0, 0.05) is 24.8 Å². The van der Waals surface area contributed by atoms with Crippen LogP contribution in [0.25, 0.3) is 0 Å². The molecule has 1 N–H and O–H groups in total. The second-order valence-corrected chi connectivity index (χ2v) is 7.67. The summed E-state index contributed by atoms with van der Waals surface area (Å²) < 4.78 is 2.08. The molecule has 1 aromatic heterocycles. The summed E-state index contributed by atoms with van der Waals surface area (Å²) in [6.07, 6.45) is 8.34. The molecule has 3 rings (SSSR count). The SMILES string of the molecule is CC(C)(C)n1cc(CN2CCC3(CCNCC3)C2)cn1.Cl. The Hall–Kier alpha value is -0.580. The predicted octanol–water partition coefficient (Wildman–Crippen LogP) is 2.64. The second kappa shape index (κ2) is 6.27. The van der Waals surface area contributed by atoms with Crippen LogP contribution in [-0.4, -0.2) is 40.9 Å². The fourth-order valence-electron chi connectivity index (χ4n) is 3.59. The van der Waals surface area contributed by atoms with E-state index in [1.807, 2.05) is 6.20 Å². The van der Waals surface area contributed by atoms with Gasteiger partial charge in [-0.25, -0.2) is 0 Å². The Labute approximate surface area is 134 Å². The average Bonchev–Trinajstić information content (AvgIpc) is 2.99. The highest BCUT2D eigenvalue weighted by atomic mass is 35.5. The van der Waals surface area contributed by atoms with Gasteiger partial charge in [0.15, 0.2) is 0 Å². The van der Waals surface area contributed by atoms with E-state index >= 15 is 0 Å². The smallest absolute Gasteiger partial charge is 0.0543 e. The van der Waals surface area contributed by atoms with Gasteiger partial charge in [-0.15, -0.1) is 12.4 Å². The molecular weight excluding hydrogens is 284 g/mol. The van der Waals surface area contributed by atoms with Crippen molar-refractivity contribution in [2.45, 2.75) is 52.1 Å². The molecule has 0 amide bonds. The van der Waals surface area contributed by atoms with E-state index in [0.717, 1.165) is 6.54 Å². The van der Waals surface area contributed by atoms with E-state index in [-0.39, 0.29) is 17.9 Å². The van der Waals surface area contributed by atoms with E-state index in [4.69, 9.17) is 0 Å². The fourth-order valence-corrected chi connectivity index (χ4v) is 3.59. The van der Waals surface area contributed by atoms with Crippen molar-refractivity contribution in [3.63, 3.8) is 0 Å². The molecule has 2 saturated heterocycles. The van der Waals surface area contributed by atoms with Gasteiger partial charge in [0.25, 0.3) is 0 Å². The highest BCUT2D eigenvalue weighted by Gasteiger charge is 2.38. The van der Waals surface area contributed by atoms with Crippen molar-refractivity contribution in [3.8, 4) is 0 Å². The number of halogens is 1. The lowest BCUT2D eigenvalue weighted by molar-refractivity contribution is 0.194. The van der Waals surface area contributed by atoms with Crippen LogP contribution in [0.15, 0.2) is 12.4 Å². The monoisotopic (exact) mass is 312 g/mol. The standard InChI is InChI=1S/C16H28N4.ClH/c1-15(2,3)20-12-14(10-18-20)11-19-9-6-16(13-19)4-7-17-8-5-16;/h10,12,17H,4-9,11,13H2,1-3H3;1H. The zero-order valence-electron chi connectivity index (χ0n) is 13.6. The average molecular weight is 313 g/mol. The molecule has 5 heteroatoms. The Morgan fingerprint density at radius 1 is 1.24 bits per heavy atom. The number of nitrogens with one attached hydrogen (secondary N) is 1. The van der Waals surface area contributed by atoms with E-state index in [9.17, 15) is 0 Å². The summed E-state index contributed by atoms with van der Waals surface area (Å²) in [7, 11) is 0. The van der Waals surface area contributed by atoms with Crippen molar-refractivity contribution in [1.29, 1.82) is 0 Å². The van der Waals surface area contributed by atoms with Gasteiger partial charge in [0.05, 0.1) is 11.7 Å². The van der Waals surface area contributed by atoms with E-state index in [2.05, 4.69) is 47.0 Å². The molecular formula is C16H29ClN4. The van der Waals surface area contributed by atoms with Crippen LogP contribution in [0.1, 0.15) is 45.6 Å². The Morgan fingerprint density at radius 3 is 2.57 bits per heavy atom. The van der Waals surface area contributed by atoms with Crippen molar-refractivity contribution in [1.82, 2.24) is 20.0 Å². The number of hydrogen-bond acceptors (Lipinski definition) is 3. The van der Waals surface area contributed by atoms with Crippen molar-refractivity contribution >= 4 is 12.4 Å². The normalized spacial score (nSPS) is 22.4. The lowest BCUT2D eigenvalue weighted by Crippen LogP contribution is -2.38. The highest BCUT2D eigenvalue weighted by Crippen LogP contribution is 2.38. The minimum Gasteiger partial charge on any atom is -0.317 e.